The molecule has 0 fully saturated rings. The fourth-order valence-electron chi connectivity index (χ4n) is 1.89. The molecule has 3 aromatic rings. The number of furan rings is 1. The molecular weight excluding hydrogens is 262 g/mol. The van der Waals surface area contributed by atoms with E-state index in [0.29, 0.717) is 11.4 Å². The van der Waals surface area contributed by atoms with Gasteiger partial charge in [0.15, 0.2) is 5.76 Å². The normalized spacial score (nSPS) is 10.6. The molecule has 0 spiro atoms. The van der Waals surface area contributed by atoms with Gasteiger partial charge in [-0.15, -0.1) is 5.10 Å². The van der Waals surface area contributed by atoms with E-state index in [-0.39, 0.29) is 11.4 Å². The van der Waals surface area contributed by atoms with Gasteiger partial charge in [0.1, 0.15) is 0 Å². The number of hydrogen-bond acceptors (Lipinski definition) is 4. The standard InChI is InChI=1S/C13H9N3O4/c17-12(18)8-3-1-4-9(7-8)16-11(14-15-13(16)19)10-5-2-6-20-10/h1-7H,(H,15,19)(H,17,18). The van der Waals surface area contributed by atoms with Crippen LogP contribution >= 0.6 is 0 Å². The number of aromatic amines is 1. The van der Waals surface area contributed by atoms with Crippen molar-refractivity contribution in [3.63, 3.8) is 0 Å². The van der Waals surface area contributed by atoms with Gasteiger partial charge in [0.2, 0.25) is 5.82 Å². The number of aromatic nitrogens is 3. The highest BCUT2D eigenvalue weighted by Gasteiger charge is 2.15. The maximum Gasteiger partial charge on any atom is 0.348 e. The number of carbonyl (C=O) groups is 1. The second-order valence-corrected chi connectivity index (χ2v) is 4.02. The van der Waals surface area contributed by atoms with Crippen LogP contribution in [0.15, 0.2) is 51.9 Å². The van der Waals surface area contributed by atoms with E-state index in [4.69, 9.17) is 9.52 Å². The van der Waals surface area contributed by atoms with Crippen LogP contribution in [-0.2, 0) is 0 Å². The fraction of sp³-hybridized carbons (Fsp3) is 0. The number of nitrogens with zero attached hydrogens (tertiary/aromatic N) is 2. The van der Waals surface area contributed by atoms with Gasteiger partial charge in [-0.3, -0.25) is 0 Å². The smallest absolute Gasteiger partial charge is 0.348 e. The zero-order valence-corrected chi connectivity index (χ0v) is 10.1. The molecular formula is C13H9N3O4. The molecule has 100 valence electrons. The van der Waals surface area contributed by atoms with Gasteiger partial charge < -0.3 is 9.52 Å². The molecule has 3 rings (SSSR count). The van der Waals surface area contributed by atoms with Crippen molar-refractivity contribution in [2.75, 3.05) is 0 Å². The molecule has 0 radical (unpaired) electrons. The van der Waals surface area contributed by atoms with E-state index in [1.54, 1.807) is 24.3 Å². The number of hydrogen-bond donors (Lipinski definition) is 2. The summed E-state index contributed by atoms with van der Waals surface area (Å²) in [6.45, 7) is 0. The summed E-state index contributed by atoms with van der Waals surface area (Å²) in [5, 5.41) is 15.2. The molecule has 20 heavy (non-hydrogen) atoms. The molecule has 0 aliphatic heterocycles. The fourth-order valence-corrected chi connectivity index (χ4v) is 1.89. The highest BCUT2D eigenvalue weighted by Crippen LogP contribution is 2.19. The third kappa shape index (κ3) is 1.91. The second-order valence-electron chi connectivity index (χ2n) is 4.02. The average molecular weight is 271 g/mol. The highest BCUT2D eigenvalue weighted by molar-refractivity contribution is 5.88. The summed E-state index contributed by atoms with van der Waals surface area (Å²) in [7, 11) is 0. The molecule has 1 aromatic carbocycles. The lowest BCUT2D eigenvalue weighted by atomic mass is 10.2. The zero-order valence-electron chi connectivity index (χ0n) is 10.1. The van der Waals surface area contributed by atoms with Crippen molar-refractivity contribution >= 4 is 5.97 Å². The molecule has 0 aliphatic rings. The number of H-pyrrole nitrogens is 1. The van der Waals surface area contributed by atoms with E-state index in [0.717, 1.165) is 0 Å². The number of rotatable bonds is 3. The zero-order chi connectivity index (χ0) is 14.1. The summed E-state index contributed by atoms with van der Waals surface area (Å²) < 4.78 is 6.47. The van der Waals surface area contributed by atoms with E-state index in [1.807, 2.05) is 0 Å². The quantitative estimate of drug-likeness (QED) is 0.752. The summed E-state index contributed by atoms with van der Waals surface area (Å²) in [4.78, 5) is 22.9. The van der Waals surface area contributed by atoms with Crippen molar-refractivity contribution in [3.05, 3.63) is 58.7 Å². The summed E-state index contributed by atoms with van der Waals surface area (Å²) in [5.74, 6) is -0.380. The lowest BCUT2D eigenvalue weighted by Gasteiger charge is -2.04. The van der Waals surface area contributed by atoms with Crippen LogP contribution < -0.4 is 5.69 Å². The van der Waals surface area contributed by atoms with Crippen LogP contribution in [-0.4, -0.2) is 25.8 Å². The van der Waals surface area contributed by atoms with Crippen molar-refractivity contribution in [2.24, 2.45) is 0 Å². The third-order valence-electron chi connectivity index (χ3n) is 2.77. The van der Waals surface area contributed by atoms with Crippen molar-refractivity contribution in [2.45, 2.75) is 0 Å². The van der Waals surface area contributed by atoms with Gasteiger partial charge in [0.25, 0.3) is 0 Å². The Morgan fingerprint density at radius 2 is 2.15 bits per heavy atom. The predicted molar refractivity (Wildman–Crippen MR) is 68.8 cm³/mol. The summed E-state index contributed by atoms with van der Waals surface area (Å²) in [6, 6.07) is 9.36. The van der Waals surface area contributed by atoms with Crippen LogP contribution in [0.3, 0.4) is 0 Å². The summed E-state index contributed by atoms with van der Waals surface area (Å²) in [6.07, 6.45) is 1.46. The molecule has 2 N–H and O–H groups in total. The molecule has 2 heterocycles. The minimum atomic E-state index is -1.07. The molecule has 2 aromatic heterocycles. The maximum absolute atomic E-state index is 11.9. The van der Waals surface area contributed by atoms with E-state index in [9.17, 15) is 9.59 Å². The Morgan fingerprint density at radius 3 is 2.85 bits per heavy atom. The minimum Gasteiger partial charge on any atom is -0.478 e. The Balaban J connectivity index is 2.20. The SMILES string of the molecule is O=C(O)c1cccc(-n2c(-c3ccco3)n[nH]c2=O)c1. The second kappa shape index (κ2) is 4.54. The molecule has 7 heteroatoms. The Hall–Kier alpha value is -3.09. The predicted octanol–water partition coefficient (Wildman–Crippen LogP) is 1.52. The number of aromatic carboxylic acids is 1. The topological polar surface area (TPSA) is 101 Å². The van der Waals surface area contributed by atoms with Crippen molar-refractivity contribution in [1.29, 1.82) is 0 Å². The molecule has 0 atom stereocenters. The molecule has 0 amide bonds. The van der Waals surface area contributed by atoms with Gasteiger partial charge in [0.05, 0.1) is 17.5 Å². The first-order valence-corrected chi connectivity index (χ1v) is 5.72. The van der Waals surface area contributed by atoms with E-state index < -0.39 is 11.7 Å². The third-order valence-corrected chi connectivity index (χ3v) is 2.77. The first kappa shape index (κ1) is 12.0. The van der Waals surface area contributed by atoms with Gasteiger partial charge >= 0.3 is 11.7 Å². The van der Waals surface area contributed by atoms with Crippen LogP contribution in [0.1, 0.15) is 10.4 Å². The van der Waals surface area contributed by atoms with Crippen LogP contribution in [0.4, 0.5) is 0 Å². The Morgan fingerprint density at radius 1 is 1.30 bits per heavy atom. The number of nitrogens with one attached hydrogen (secondary N) is 1. The van der Waals surface area contributed by atoms with Crippen LogP contribution in [0.5, 0.6) is 0 Å². The van der Waals surface area contributed by atoms with Gasteiger partial charge in [-0.25, -0.2) is 19.3 Å². The molecule has 0 unspecified atom stereocenters. The molecule has 0 bridgehead atoms. The average Bonchev–Trinajstić information content (AvgIpc) is 3.07. The lowest BCUT2D eigenvalue weighted by Crippen LogP contribution is -2.16. The number of benzene rings is 1. The Bertz CT molecular complexity index is 814. The largest absolute Gasteiger partial charge is 0.478 e. The van der Waals surface area contributed by atoms with Crippen LogP contribution in [0.2, 0.25) is 0 Å². The molecule has 0 saturated carbocycles. The van der Waals surface area contributed by atoms with Crippen LogP contribution in [0, 0.1) is 0 Å². The van der Waals surface area contributed by atoms with Gasteiger partial charge in [-0.1, -0.05) is 6.07 Å². The lowest BCUT2D eigenvalue weighted by molar-refractivity contribution is 0.0697. The monoisotopic (exact) mass is 271 g/mol. The molecule has 0 saturated heterocycles. The van der Waals surface area contributed by atoms with Gasteiger partial charge in [-0.05, 0) is 30.3 Å². The number of carboxylic acid groups (broad SMARTS) is 1. The summed E-state index contributed by atoms with van der Waals surface area (Å²) in [5.41, 5.74) is 0.00924. The van der Waals surface area contributed by atoms with E-state index in [1.165, 1.54) is 23.0 Å². The molecule has 0 aliphatic carbocycles. The Kier molecular flexibility index (Phi) is 2.72. The summed E-state index contributed by atoms with van der Waals surface area (Å²) >= 11 is 0. The Labute approximate surface area is 112 Å². The van der Waals surface area contributed by atoms with Crippen molar-refractivity contribution in [1.82, 2.24) is 14.8 Å². The highest BCUT2D eigenvalue weighted by atomic mass is 16.4. The van der Waals surface area contributed by atoms with Crippen molar-refractivity contribution < 1.29 is 14.3 Å². The van der Waals surface area contributed by atoms with Gasteiger partial charge in [0, 0.05) is 0 Å². The van der Waals surface area contributed by atoms with E-state index >= 15 is 0 Å². The minimum absolute atomic E-state index is 0.0843. The van der Waals surface area contributed by atoms with Crippen molar-refractivity contribution in [3.8, 4) is 17.3 Å². The first-order chi connectivity index (χ1) is 9.66. The first-order valence-electron chi connectivity index (χ1n) is 5.72. The number of carboxylic acids is 1. The van der Waals surface area contributed by atoms with E-state index in [2.05, 4.69) is 10.2 Å². The maximum atomic E-state index is 11.9. The van der Waals surface area contributed by atoms with Crippen LogP contribution in [0.25, 0.3) is 17.3 Å². The molecule has 7 nitrogen and oxygen atoms in total. The van der Waals surface area contributed by atoms with Gasteiger partial charge in [-0.2, -0.15) is 0 Å².